The van der Waals surface area contributed by atoms with Crippen molar-refractivity contribution < 1.29 is 9.90 Å². The maximum absolute atomic E-state index is 10.5. The van der Waals surface area contributed by atoms with Crippen LogP contribution in [-0.4, -0.2) is 24.2 Å². The molecule has 0 aliphatic carbocycles. The van der Waals surface area contributed by atoms with Gasteiger partial charge in [-0.05, 0) is 32.4 Å². The summed E-state index contributed by atoms with van der Waals surface area (Å²) in [6.45, 7) is 1.79. The van der Waals surface area contributed by atoms with Crippen LogP contribution in [0.15, 0.2) is 11.6 Å². The predicted octanol–water partition coefficient (Wildman–Crippen LogP) is 0.771. The summed E-state index contributed by atoms with van der Waals surface area (Å²) in [6, 6.07) is 0. The van der Waals surface area contributed by atoms with Gasteiger partial charge in [0.2, 0.25) is 0 Å². The fourth-order valence-corrected chi connectivity index (χ4v) is 1.15. The minimum atomic E-state index is -0.770. The second-order valence-electron chi connectivity index (χ2n) is 2.68. The number of allylic oxidation sites excluding steroid dienone is 1. The summed E-state index contributed by atoms with van der Waals surface area (Å²) in [5.41, 5.74) is 0.553. The van der Waals surface area contributed by atoms with Crippen molar-refractivity contribution in [1.82, 2.24) is 5.32 Å². The highest BCUT2D eigenvalue weighted by molar-refractivity contribution is 5.86. The van der Waals surface area contributed by atoms with Gasteiger partial charge in [0.15, 0.2) is 0 Å². The van der Waals surface area contributed by atoms with E-state index in [1.54, 1.807) is 0 Å². The number of carbonyl (C=O) groups is 1. The van der Waals surface area contributed by atoms with E-state index < -0.39 is 5.97 Å². The smallest absolute Gasteiger partial charge is 0.331 e. The van der Waals surface area contributed by atoms with Gasteiger partial charge in [0.1, 0.15) is 0 Å². The number of hydrogen-bond acceptors (Lipinski definition) is 2. The molecule has 0 unspecified atom stereocenters. The van der Waals surface area contributed by atoms with Crippen LogP contribution in [0, 0.1) is 0 Å². The van der Waals surface area contributed by atoms with Gasteiger partial charge in [0.25, 0.3) is 0 Å². The molecule has 1 rings (SSSR count). The summed E-state index contributed by atoms with van der Waals surface area (Å²) >= 11 is 0. The van der Waals surface area contributed by atoms with Crippen LogP contribution in [0.1, 0.15) is 19.3 Å². The highest BCUT2D eigenvalue weighted by atomic mass is 16.4. The molecule has 0 atom stereocenters. The van der Waals surface area contributed by atoms with Crippen molar-refractivity contribution in [1.29, 1.82) is 0 Å². The third-order valence-electron chi connectivity index (χ3n) is 1.79. The zero-order valence-electron chi connectivity index (χ0n) is 6.47. The molecule has 0 aromatic carbocycles. The molecule has 3 heteroatoms. The Labute approximate surface area is 66.1 Å². The van der Waals surface area contributed by atoms with Crippen molar-refractivity contribution in [2.75, 3.05) is 13.1 Å². The normalized spacial score (nSPS) is 24.5. The Morgan fingerprint density at radius 1 is 1.55 bits per heavy atom. The molecular formula is C8H13NO2. The molecule has 0 spiro atoms. The number of hydrogen-bond donors (Lipinski definition) is 2. The van der Waals surface area contributed by atoms with Crippen LogP contribution in [0.3, 0.4) is 0 Å². The number of carboxylic acid groups (broad SMARTS) is 1. The van der Waals surface area contributed by atoms with Crippen LogP contribution in [0.4, 0.5) is 0 Å². The van der Waals surface area contributed by atoms with Crippen LogP contribution >= 0.6 is 0 Å². The summed E-state index contributed by atoms with van der Waals surface area (Å²) < 4.78 is 0. The van der Waals surface area contributed by atoms with E-state index in [0.717, 1.165) is 25.9 Å². The molecule has 0 amide bonds. The van der Waals surface area contributed by atoms with E-state index in [-0.39, 0.29) is 0 Å². The standard InChI is InChI=1S/C8H13NO2/c10-8(11)7-3-1-2-5-9-6-4-7/h3,9H,1-2,4-6H2,(H,10,11)/b7-3+. The van der Waals surface area contributed by atoms with E-state index in [1.165, 1.54) is 0 Å². The molecule has 0 aromatic rings. The van der Waals surface area contributed by atoms with E-state index in [0.29, 0.717) is 12.0 Å². The fourth-order valence-electron chi connectivity index (χ4n) is 1.15. The summed E-state index contributed by atoms with van der Waals surface area (Å²) in [5, 5.41) is 11.8. The van der Waals surface area contributed by atoms with Crippen molar-refractivity contribution in [2.45, 2.75) is 19.3 Å². The van der Waals surface area contributed by atoms with Gasteiger partial charge in [-0.15, -0.1) is 0 Å². The zero-order chi connectivity index (χ0) is 8.10. The SMILES string of the molecule is O=C(O)/C1=C/CCCNCC1. The average molecular weight is 155 g/mol. The summed E-state index contributed by atoms with van der Waals surface area (Å²) in [4.78, 5) is 10.5. The number of aliphatic carboxylic acids is 1. The van der Waals surface area contributed by atoms with Crippen molar-refractivity contribution in [3.05, 3.63) is 11.6 Å². The quantitative estimate of drug-likeness (QED) is 0.588. The van der Waals surface area contributed by atoms with Crippen molar-refractivity contribution in [3.63, 3.8) is 0 Å². The first-order valence-corrected chi connectivity index (χ1v) is 3.94. The maximum Gasteiger partial charge on any atom is 0.331 e. The highest BCUT2D eigenvalue weighted by Gasteiger charge is 2.07. The number of carboxylic acids is 1. The number of nitrogens with one attached hydrogen (secondary N) is 1. The topological polar surface area (TPSA) is 49.3 Å². The molecule has 1 aliphatic heterocycles. The molecule has 0 aromatic heterocycles. The Morgan fingerprint density at radius 3 is 3.09 bits per heavy atom. The lowest BCUT2D eigenvalue weighted by atomic mass is 10.1. The first-order valence-electron chi connectivity index (χ1n) is 3.94. The molecule has 62 valence electrons. The van der Waals surface area contributed by atoms with E-state index in [1.807, 2.05) is 6.08 Å². The lowest BCUT2D eigenvalue weighted by Crippen LogP contribution is -2.20. The molecule has 0 saturated heterocycles. The van der Waals surface area contributed by atoms with Gasteiger partial charge in [-0.25, -0.2) is 4.79 Å². The van der Waals surface area contributed by atoms with Gasteiger partial charge in [0.05, 0.1) is 0 Å². The van der Waals surface area contributed by atoms with Crippen LogP contribution < -0.4 is 5.32 Å². The lowest BCUT2D eigenvalue weighted by molar-refractivity contribution is -0.132. The Kier molecular flexibility index (Phi) is 3.11. The molecule has 2 N–H and O–H groups in total. The Bertz CT molecular complexity index is 175. The third-order valence-corrected chi connectivity index (χ3v) is 1.79. The number of rotatable bonds is 1. The molecule has 1 aliphatic rings. The largest absolute Gasteiger partial charge is 0.478 e. The highest BCUT2D eigenvalue weighted by Crippen LogP contribution is 2.06. The minimum Gasteiger partial charge on any atom is -0.478 e. The van der Waals surface area contributed by atoms with Gasteiger partial charge < -0.3 is 10.4 Å². The maximum atomic E-state index is 10.5. The van der Waals surface area contributed by atoms with Crippen LogP contribution in [-0.2, 0) is 4.79 Å². The van der Waals surface area contributed by atoms with E-state index >= 15 is 0 Å². The van der Waals surface area contributed by atoms with E-state index in [2.05, 4.69) is 5.32 Å². The lowest BCUT2D eigenvalue weighted by Gasteiger charge is -2.08. The van der Waals surface area contributed by atoms with Crippen molar-refractivity contribution >= 4 is 5.97 Å². The summed E-state index contributed by atoms with van der Waals surface area (Å²) in [5.74, 6) is -0.770. The second kappa shape index (κ2) is 4.13. The van der Waals surface area contributed by atoms with Crippen molar-refractivity contribution in [3.8, 4) is 0 Å². The first-order chi connectivity index (χ1) is 5.30. The molecular weight excluding hydrogens is 142 g/mol. The van der Waals surface area contributed by atoms with Crippen LogP contribution in [0.2, 0.25) is 0 Å². The molecule has 3 nitrogen and oxygen atoms in total. The van der Waals surface area contributed by atoms with Crippen LogP contribution in [0.5, 0.6) is 0 Å². The minimum absolute atomic E-state index is 0.553. The molecule has 0 bridgehead atoms. The van der Waals surface area contributed by atoms with Crippen LogP contribution in [0.25, 0.3) is 0 Å². The van der Waals surface area contributed by atoms with Gasteiger partial charge in [0, 0.05) is 5.57 Å². The average Bonchev–Trinajstić information content (AvgIpc) is 1.84. The predicted molar refractivity (Wildman–Crippen MR) is 42.4 cm³/mol. The van der Waals surface area contributed by atoms with Gasteiger partial charge in [-0.3, -0.25) is 0 Å². The monoisotopic (exact) mass is 155 g/mol. The summed E-state index contributed by atoms with van der Waals surface area (Å²) in [7, 11) is 0. The second-order valence-corrected chi connectivity index (χ2v) is 2.68. The van der Waals surface area contributed by atoms with E-state index in [4.69, 9.17) is 5.11 Å². The third kappa shape index (κ3) is 2.72. The summed E-state index contributed by atoms with van der Waals surface area (Å²) in [6.07, 6.45) is 4.41. The Hall–Kier alpha value is -0.830. The molecule has 0 radical (unpaired) electrons. The van der Waals surface area contributed by atoms with E-state index in [9.17, 15) is 4.79 Å². The molecule has 0 saturated carbocycles. The zero-order valence-corrected chi connectivity index (χ0v) is 6.47. The van der Waals surface area contributed by atoms with Gasteiger partial charge in [-0.2, -0.15) is 0 Å². The Morgan fingerprint density at radius 2 is 2.36 bits per heavy atom. The molecule has 11 heavy (non-hydrogen) atoms. The Balaban J connectivity index is 2.52. The molecule has 0 fully saturated rings. The van der Waals surface area contributed by atoms with Crippen molar-refractivity contribution in [2.24, 2.45) is 0 Å². The van der Waals surface area contributed by atoms with Gasteiger partial charge >= 0.3 is 5.97 Å². The molecule has 1 heterocycles. The first kappa shape index (κ1) is 8.27. The van der Waals surface area contributed by atoms with Gasteiger partial charge in [-0.1, -0.05) is 6.08 Å². The fraction of sp³-hybridized carbons (Fsp3) is 0.625.